The molecule has 5 nitrogen and oxygen atoms in total. The smallest absolute Gasteiger partial charge is 0.308 e. The third-order valence-electron chi connectivity index (χ3n) is 4.03. The minimum Gasteiger partial charge on any atom is -0.469 e. The molecule has 0 bridgehead atoms. The molecular weight excluding hydrogens is 268 g/mol. The van der Waals surface area contributed by atoms with Crippen molar-refractivity contribution in [1.29, 1.82) is 0 Å². The molecule has 0 radical (unpaired) electrons. The highest BCUT2D eigenvalue weighted by atomic mass is 16.5. The molecule has 1 heterocycles. The van der Waals surface area contributed by atoms with Crippen LogP contribution in [0.1, 0.15) is 19.8 Å². The standard InChI is InChI=1S/C16H22N2O3/c1-12(15(19)17-14-6-4-3-5-7-14)18-10-8-13(9-11-18)16(20)21-2/h3-7,12-13H,8-11H2,1-2H3,(H,17,19). The summed E-state index contributed by atoms with van der Waals surface area (Å²) in [6.07, 6.45) is 1.49. The molecule has 0 spiro atoms. The molecule has 1 aliphatic rings. The number of anilines is 1. The van der Waals surface area contributed by atoms with Crippen LogP contribution in [-0.2, 0) is 14.3 Å². The van der Waals surface area contributed by atoms with Crippen molar-refractivity contribution in [2.75, 3.05) is 25.5 Å². The van der Waals surface area contributed by atoms with Crippen LogP contribution in [0.3, 0.4) is 0 Å². The number of hydrogen-bond acceptors (Lipinski definition) is 4. The highest BCUT2D eigenvalue weighted by molar-refractivity contribution is 5.94. The van der Waals surface area contributed by atoms with E-state index in [4.69, 9.17) is 4.74 Å². The summed E-state index contributed by atoms with van der Waals surface area (Å²) in [5.41, 5.74) is 0.804. The summed E-state index contributed by atoms with van der Waals surface area (Å²) in [5.74, 6) is -0.190. The van der Waals surface area contributed by atoms with Gasteiger partial charge in [0.25, 0.3) is 0 Å². The van der Waals surface area contributed by atoms with E-state index in [9.17, 15) is 9.59 Å². The first kappa shape index (κ1) is 15.5. The Labute approximate surface area is 125 Å². The molecule has 1 aromatic carbocycles. The van der Waals surface area contributed by atoms with Crippen LogP contribution < -0.4 is 5.32 Å². The number of hydrogen-bond donors (Lipinski definition) is 1. The number of methoxy groups -OCH3 is 1. The average Bonchev–Trinajstić information content (AvgIpc) is 2.54. The molecule has 1 aliphatic heterocycles. The third-order valence-corrected chi connectivity index (χ3v) is 4.03. The van der Waals surface area contributed by atoms with Crippen LogP contribution in [0.4, 0.5) is 5.69 Å². The zero-order chi connectivity index (χ0) is 15.2. The Balaban J connectivity index is 1.85. The molecule has 1 aromatic rings. The van der Waals surface area contributed by atoms with Gasteiger partial charge in [0.2, 0.25) is 5.91 Å². The van der Waals surface area contributed by atoms with Crippen LogP contribution >= 0.6 is 0 Å². The van der Waals surface area contributed by atoms with Gasteiger partial charge in [0, 0.05) is 5.69 Å². The molecule has 1 saturated heterocycles. The predicted molar refractivity (Wildman–Crippen MR) is 80.8 cm³/mol. The quantitative estimate of drug-likeness (QED) is 0.860. The van der Waals surface area contributed by atoms with Crippen molar-refractivity contribution >= 4 is 17.6 Å². The van der Waals surface area contributed by atoms with Crippen LogP contribution in [0.25, 0.3) is 0 Å². The molecule has 1 unspecified atom stereocenters. The van der Waals surface area contributed by atoms with E-state index in [0.29, 0.717) is 0 Å². The monoisotopic (exact) mass is 290 g/mol. The Hall–Kier alpha value is -1.88. The van der Waals surface area contributed by atoms with Gasteiger partial charge < -0.3 is 10.1 Å². The van der Waals surface area contributed by atoms with E-state index in [1.54, 1.807) is 0 Å². The molecule has 114 valence electrons. The van der Waals surface area contributed by atoms with Gasteiger partial charge in [-0.05, 0) is 45.0 Å². The molecular formula is C16H22N2O3. The average molecular weight is 290 g/mol. The molecule has 0 aliphatic carbocycles. The lowest BCUT2D eigenvalue weighted by Gasteiger charge is -2.34. The van der Waals surface area contributed by atoms with E-state index in [0.717, 1.165) is 31.6 Å². The van der Waals surface area contributed by atoms with Gasteiger partial charge in [0.15, 0.2) is 0 Å². The zero-order valence-corrected chi connectivity index (χ0v) is 12.5. The zero-order valence-electron chi connectivity index (χ0n) is 12.5. The molecule has 1 atom stereocenters. The maximum Gasteiger partial charge on any atom is 0.308 e. The number of para-hydroxylation sites is 1. The number of ether oxygens (including phenoxy) is 1. The van der Waals surface area contributed by atoms with E-state index in [-0.39, 0.29) is 23.8 Å². The molecule has 21 heavy (non-hydrogen) atoms. The number of esters is 1. The number of likely N-dealkylation sites (tertiary alicyclic amines) is 1. The minimum absolute atomic E-state index is 0.0160. The number of benzene rings is 1. The highest BCUT2D eigenvalue weighted by Crippen LogP contribution is 2.20. The normalized spacial score (nSPS) is 18.0. The molecule has 0 saturated carbocycles. The summed E-state index contributed by atoms with van der Waals surface area (Å²) in [7, 11) is 1.42. The van der Waals surface area contributed by atoms with Crippen LogP contribution in [0, 0.1) is 5.92 Å². The fourth-order valence-electron chi connectivity index (χ4n) is 2.62. The first-order valence-corrected chi connectivity index (χ1v) is 7.29. The van der Waals surface area contributed by atoms with Crippen LogP contribution in [0.15, 0.2) is 30.3 Å². The fourth-order valence-corrected chi connectivity index (χ4v) is 2.62. The number of amides is 1. The van der Waals surface area contributed by atoms with Crippen molar-refractivity contribution in [2.24, 2.45) is 5.92 Å². The van der Waals surface area contributed by atoms with E-state index < -0.39 is 0 Å². The van der Waals surface area contributed by atoms with Gasteiger partial charge in [-0.1, -0.05) is 18.2 Å². The van der Waals surface area contributed by atoms with Crippen LogP contribution in [-0.4, -0.2) is 43.0 Å². The van der Waals surface area contributed by atoms with E-state index in [2.05, 4.69) is 10.2 Å². The lowest BCUT2D eigenvalue weighted by Crippen LogP contribution is -2.47. The highest BCUT2D eigenvalue weighted by Gasteiger charge is 2.30. The Kier molecular flexibility index (Phi) is 5.33. The molecule has 0 aromatic heterocycles. The maximum absolute atomic E-state index is 12.2. The molecule has 5 heteroatoms. The number of nitrogens with zero attached hydrogens (tertiary/aromatic N) is 1. The summed E-state index contributed by atoms with van der Waals surface area (Å²) in [5, 5.41) is 2.91. The van der Waals surface area contributed by atoms with Crippen molar-refractivity contribution in [2.45, 2.75) is 25.8 Å². The lowest BCUT2D eigenvalue weighted by atomic mass is 9.96. The molecule has 2 rings (SSSR count). The topological polar surface area (TPSA) is 58.6 Å². The molecule has 1 fully saturated rings. The number of carbonyl (C=O) groups excluding carboxylic acids is 2. The number of nitrogens with one attached hydrogen (secondary N) is 1. The second-order valence-electron chi connectivity index (χ2n) is 5.36. The third kappa shape index (κ3) is 4.04. The van der Waals surface area contributed by atoms with Crippen LogP contribution in [0.2, 0.25) is 0 Å². The van der Waals surface area contributed by atoms with Gasteiger partial charge in [-0.3, -0.25) is 14.5 Å². The first-order chi connectivity index (χ1) is 10.1. The summed E-state index contributed by atoms with van der Waals surface area (Å²) in [4.78, 5) is 25.8. The van der Waals surface area contributed by atoms with Crippen molar-refractivity contribution in [1.82, 2.24) is 4.90 Å². The van der Waals surface area contributed by atoms with Gasteiger partial charge in [0.05, 0.1) is 19.1 Å². The second kappa shape index (κ2) is 7.22. The summed E-state index contributed by atoms with van der Waals surface area (Å²) >= 11 is 0. The summed E-state index contributed by atoms with van der Waals surface area (Å²) < 4.78 is 4.78. The van der Waals surface area contributed by atoms with Gasteiger partial charge in [-0.25, -0.2) is 0 Å². The van der Waals surface area contributed by atoms with Crippen molar-refractivity contribution in [3.8, 4) is 0 Å². The Morgan fingerprint density at radius 1 is 1.24 bits per heavy atom. The lowest BCUT2D eigenvalue weighted by molar-refractivity contribution is -0.147. The van der Waals surface area contributed by atoms with Crippen LogP contribution in [0.5, 0.6) is 0 Å². The van der Waals surface area contributed by atoms with Crippen molar-refractivity contribution in [3.05, 3.63) is 30.3 Å². The van der Waals surface area contributed by atoms with Crippen molar-refractivity contribution < 1.29 is 14.3 Å². The van der Waals surface area contributed by atoms with Crippen molar-refractivity contribution in [3.63, 3.8) is 0 Å². The Bertz CT molecular complexity index is 482. The number of carbonyl (C=O) groups is 2. The SMILES string of the molecule is COC(=O)C1CCN(C(C)C(=O)Nc2ccccc2)CC1. The maximum atomic E-state index is 12.2. The van der Waals surface area contributed by atoms with E-state index in [1.807, 2.05) is 37.3 Å². The molecule has 1 N–H and O–H groups in total. The van der Waals surface area contributed by atoms with Gasteiger partial charge in [-0.2, -0.15) is 0 Å². The van der Waals surface area contributed by atoms with E-state index in [1.165, 1.54) is 7.11 Å². The Morgan fingerprint density at radius 3 is 2.43 bits per heavy atom. The Morgan fingerprint density at radius 2 is 1.86 bits per heavy atom. The van der Waals surface area contributed by atoms with Gasteiger partial charge >= 0.3 is 5.97 Å². The number of piperidine rings is 1. The fraction of sp³-hybridized carbons (Fsp3) is 0.500. The minimum atomic E-state index is -0.205. The first-order valence-electron chi connectivity index (χ1n) is 7.29. The van der Waals surface area contributed by atoms with Gasteiger partial charge in [-0.15, -0.1) is 0 Å². The van der Waals surface area contributed by atoms with Gasteiger partial charge in [0.1, 0.15) is 0 Å². The van der Waals surface area contributed by atoms with E-state index >= 15 is 0 Å². The summed E-state index contributed by atoms with van der Waals surface area (Å²) in [6.45, 7) is 3.38. The molecule has 1 amide bonds. The number of rotatable bonds is 4. The predicted octanol–water partition coefficient (Wildman–Crippen LogP) is 1.90. The summed E-state index contributed by atoms with van der Waals surface area (Å²) in [6, 6.07) is 9.23. The second-order valence-corrected chi connectivity index (χ2v) is 5.36. The largest absolute Gasteiger partial charge is 0.469 e.